The van der Waals surface area contributed by atoms with Gasteiger partial charge in [-0.1, -0.05) is 19.1 Å². The third-order valence-corrected chi connectivity index (χ3v) is 2.23. The molecule has 0 radical (unpaired) electrons. The number of non-ortho nitro benzene ring substituents is 1. The highest BCUT2D eigenvalue weighted by molar-refractivity contribution is 5.89. The summed E-state index contributed by atoms with van der Waals surface area (Å²) < 4.78 is 5.01. The van der Waals surface area contributed by atoms with Gasteiger partial charge in [0.05, 0.1) is 17.1 Å². The first-order chi connectivity index (χ1) is 8.65. The Morgan fingerprint density at radius 1 is 1.33 bits per heavy atom. The Balaban J connectivity index is 2.46. The van der Waals surface area contributed by atoms with Crippen LogP contribution in [0.4, 0.5) is 5.69 Å². The number of ether oxygens (including phenoxy) is 1. The third kappa shape index (κ3) is 4.37. The molecule has 5 heteroatoms. The summed E-state index contributed by atoms with van der Waals surface area (Å²) in [4.78, 5) is 21.5. The monoisotopic (exact) mass is 249 g/mol. The van der Waals surface area contributed by atoms with Crippen LogP contribution in [-0.2, 0) is 4.74 Å². The summed E-state index contributed by atoms with van der Waals surface area (Å²) in [7, 11) is 0. The third-order valence-electron chi connectivity index (χ3n) is 2.23. The number of hydrogen-bond donors (Lipinski definition) is 0. The zero-order chi connectivity index (χ0) is 13.4. The van der Waals surface area contributed by atoms with E-state index >= 15 is 0 Å². The van der Waals surface area contributed by atoms with Gasteiger partial charge in [0.2, 0.25) is 0 Å². The second-order valence-corrected chi connectivity index (χ2v) is 3.61. The number of rotatable bonds is 6. The van der Waals surface area contributed by atoms with E-state index in [-0.39, 0.29) is 5.69 Å². The highest BCUT2D eigenvalue weighted by atomic mass is 16.6. The van der Waals surface area contributed by atoms with Crippen LogP contribution in [0, 0.1) is 10.1 Å². The summed E-state index contributed by atoms with van der Waals surface area (Å²) in [6.45, 7) is 2.34. The number of carbonyl (C=O) groups is 1. The van der Waals surface area contributed by atoms with Crippen molar-refractivity contribution in [2.75, 3.05) is 6.61 Å². The van der Waals surface area contributed by atoms with Crippen LogP contribution in [0.1, 0.15) is 30.1 Å². The quantitative estimate of drug-likeness (QED) is 0.255. The molecule has 1 aromatic carbocycles. The van der Waals surface area contributed by atoms with Crippen molar-refractivity contribution in [3.05, 3.63) is 52.1 Å². The largest absolute Gasteiger partial charge is 0.462 e. The Kier molecular flexibility index (Phi) is 5.57. The average molecular weight is 249 g/mol. The molecule has 0 aliphatic heterocycles. The van der Waals surface area contributed by atoms with Gasteiger partial charge in [-0.25, -0.2) is 4.79 Å². The lowest BCUT2D eigenvalue weighted by Crippen LogP contribution is -2.05. The number of nitro benzene ring substituents is 1. The van der Waals surface area contributed by atoms with E-state index in [9.17, 15) is 14.9 Å². The SMILES string of the molecule is CC/C=C/CCOC(=O)c1ccc([N+](=O)[O-])cc1. The molecule has 1 aromatic rings. The maximum atomic E-state index is 11.5. The van der Waals surface area contributed by atoms with Crippen molar-refractivity contribution in [2.24, 2.45) is 0 Å². The first kappa shape index (κ1) is 13.9. The van der Waals surface area contributed by atoms with Gasteiger partial charge < -0.3 is 4.74 Å². The van der Waals surface area contributed by atoms with Crippen LogP contribution in [0.2, 0.25) is 0 Å². The molecule has 5 nitrogen and oxygen atoms in total. The second kappa shape index (κ2) is 7.21. The van der Waals surface area contributed by atoms with Crippen molar-refractivity contribution >= 4 is 11.7 Å². The summed E-state index contributed by atoms with van der Waals surface area (Å²) in [6.07, 6.45) is 5.58. The number of nitrogens with zero attached hydrogens (tertiary/aromatic N) is 1. The van der Waals surface area contributed by atoms with E-state index in [2.05, 4.69) is 0 Å². The molecule has 96 valence electrons. The molecule has 0 aromatic heterocycles. The van der Waals surface area contributed by atoms with Crippen LogP contribution in [-0.4, -0.2) is 17.5 Å². The predicted octanol–water partition coefficient (Wildman–Crippen LogP) is 3.11. The summed E-state index contributed by atoms with van der Waals surface area (Å²) in [5, 5.41) is 10.4. The smallest absolute Gasteiger partial charge is 0.338 e. The molecule has 0 aliphatic rings. The number of allylic oxidation sites excluding steroid dienone is 1. The fourth-order valence-corrected chi connectivity index (χ4v) is 1.31. The maximum absolute atomic E-state index is 11.5. The van der Waals surface area contributed by atoms with E-state index in [1.54, 1.807) is 0 Å². The van der Waals surface area contributed by atoms with Gasteiger partial charge in [-0.05, 0) is 25.0 Å². The maximum Gasteiger partial charge on any atom is 0.338 e. The van der Waals surface area contributed by atoms with Crippen LogP contribution in [0.25, 0.3) is 0 Å². The van der Waals surface area contributed by atoms with Crippen LogP contribution >= 0.6 is 0 Å². The zero-order valence-corrected chi connectivity index (χ0v) is 10.2. The first-order valence-corrected chi connectivity index (χ1v) is 5.71. The summed E-state index contributed by atoms with van der Waals surface area (Å²) >= 11 is 0. The van der Waals surface area contributed by atoms with Crippen molar-refractivity contribution in [1.29, 1.82) is 0 Å². The van der Waals surface area contributed by atoms with Gasteiger partial charge in [-0.3, -0.25) is 10.1 Å². The van der Waals surface area contributed by atoms with Crippen molar-refractivity contribution in [3.63, 3.8) is 0 Å². The Morgan fingerprint density at radius 2 is 2.00 bits per heavy atom. The number of hydrogen-bond acceptors (Lipinski definition) is 4. The minimum atomic E-state index is -0.509. The fraction of sp³-hybridized carbons (Fsp3) is 0.308. The van der Waals surface area contributed by atoms with Crippen LogP contribution in [0.3, 0.4) is 0 Å². The Hall–Kier alpha value is -2.17. The summed E-state index contributed by atoms with van der Waals surface area (Å²) in [5.41, 5.74) is 0.275. The molecule has 0 aliphatic carbocycles. The Bertz CT molecular complexity index is 437. The molecule has 0 spiro atoms. The van der Waals surface area contributed by atoms with Gasteiger partial charge in [0.25, 0.3) is 5.69 Å². The zero-order valence-electron chi connectivity index (χ0n) is 10.2. The standard InChI is InChI=1S/C13H15NO4/c1-2-3-4-5-10-18-13(15)11-6-8-12(9-7-11)14(16)17/h3-4,6-9H,2,5,10H2,1H3/b4-3+. The number of esters is 1. The van der Waals surface area contributed by atoms with E-state index in [1.807, 2.05) is 19.1 Å². The first-order valence-electron chi connectivity index (χ1n) is 5.71. The molecule has 0 unspecified atom stereocenters. The number of benzene rings is 1. The highest BCUT2D eigenvalue weighted by Gasteiger charge is 2.09. The van der Waals surface area contributed by atoms with Crippen LogP contribution in [0.5, 0.6) is 0 Å². The van der Waals surface area contributed by atoms with Crippen LogP contribution in [0.15, 0.2) is 36.4 Å². The van der Waals surface area contributed by atoms with Gasteiger partial charge >= 0.3 is 5.97 Å². The average Bonchev–Trinajstić information content (AvgIpc) is 2.38. The Morgan fingerprint density at radius 3 is 2.56 bits per heavy atom. The van der Waals surface area contributed by atoms with Crippen molar-refractivity contribution in [1.82, 2.24) is 0 Å². The number of nitro groups is 1. The minimum Gasteiger partial charge on any atom is -0.462 e. The highest BCUT2D eigenvalue weighted by Crippen LogP contribution is 2.12. The van der Waals surface area contributed by atoms with Gasteiger partial charge in [0, 0.05) is 12.1 Å². The van der Waals surface area contributed by atoms with E-state index in [1.165, 1.54) is 24.3 Å². The van der Waals surface area contributed by atoms with E-state index < -0.39 is 10.9 Å². The topological polar surface area (TPSA) is 69.4 Å². The lowest BCUT2D eigenvalue weighted by atomic mass is 10.2. The van der Waals surface area contributed by atoms with E-state index in [4.69, 9.17) is 4.74 Å². The van der Waals surface area contributed by atoms with Crippen molar-refractivity contribution in [3.8, 4) is 0 Å². The summed E-state index contributed by atoms with van der Waals surface area (Å²) in [6, 6.07) is 5.35. The molecule has 18 heavy (non-hydrogen) atoms. The Labute approximate surface area is 105 Å². The molecule has 0 amide bonds. The molecular weight excluding hydrogens is 234 g/mol. The molecule has 0 heterocycles. The van der Waals surface area contributed by atoms with Crippen molar-refractivity contribution < 1.29 is 14.5 Å². The molecule has 0 bridgehead atoms. The molecule has 0 saturated heterocycles. The van der Waals surface area contributed by atoms with Crippen LogP contribution < -0.4 is 0 Å². The second-order valence-electron chi connectivity index (χ2n) is 3.61. The molecule has 0 N–H and O–H groups in total. The molecule has 0 fully saturated rings. The molecule has 0 atom stereocenters. The van der Waals surface area contributed by atoms with E-state index in [0.717, 1.165) is 6.42 Å². The van der Waals surface area contributed by atoms with E-state index in [0.29, 0.717) is 18.6 Å². The predicted molar refractivity (Wildman–Crippen MR) is 67.4 cm³/mol. The molecular formula is C13H15NO4. The normalized spacial score (nSPS) is 10.5. The number of carbonyl (C=O) groups excluding carboxylic acids is 1. The minimum absolute atomic E-state index is 0.0440. The molecule has 0 saturated carbocycles. The van der Waals surface area contributed by atoms with Gasteiger partial charge in [-0.15, -0.1) is 0 Å². The summed E-state index contributed by atoms with van der Waals surface area (Å²) in [5.74, 6) is -0.463. The lowest BCUT2D eigenvalue weighted by molar-refractivity contribution is -0.384. The fourth-order valence-electron chi connectivity index (χ4n) is 1.31. The van der Waals surface area contributed by atoms with Gasteiger partial charge in [0.15, 0.2) is 0 Å². The van der Waals surface area contributed by atoms with Crippen molar-refractivity contribution in [2.45, 2.75) is 19.8 Å². The van der Waals surface area contributed by atoms with Gasteiger partial charge in [0.1, 0.15) is 0 Å². The molecule has 1 rings (SSSR count). The lowest BCUT2D eigenvalue weighted by Gasteiger charge is -2.02. The van der Waals surface area contributed by atoms with Gasteiger partial charge in [-0.2, -0.15) is 0 Å².